The van der Waals surface area contributed by atoms with Gasteiger partial charge in [0, 0.05) is 25.9 Å². The number of benzene rings is 2. The van der Waals surface area contributed by atoms with Crippen LogP contribution in [0.3, 0.4) is 0 Å². The number of hydrogen-bond donors (Lipinski definition) is 1. The van der Waals surface area contributed by atoms with Crippen LogP contribution in [0.1, 0.15) is 62.0 Å². The van der Waals surface area contributed by atoms with E-state index < -0.39 is 39.4 Å². The molecule has 0 bridgehead atoms. The van der Waals surface area contributed by atoms with Crippen molar-refractivity contribution in [3.63, 3.8) is 0 Å². The van der Waals surface area contributed by atoms with Gasteiger partial charge in [0.05, 0.1) is 30.5 Å². The van der Waals surface area contributed by atoms with Crippen LogP contribution in [0.5, 0.6) is 5.75 Å². The molecule has 2 aromatic carbocycles. The number of carbonyl (C=O) groups is 3. The van der Waals surface area contributed by atoms with Gasteiger partial charge in [-0.1, -0.05) is 24.3 Å². The van der Waals surface area contributed by atoms with E-state index in [0.717, 1.165) is 4.31 Å². The molecular weight excluding hydrogens is 590 g/mol. The zero-order valence-corrected chi connectivity index (χ0v) is 26.0. The van der Waals surface area contributed by atoms with Gasteiger partial charge >= 0.3 is 18.0 Å². The number of aliphatic carboxylic acids is 1. The molecule has 44 heavy (non-hydrogen) atoms. The molecular formula is C31H37N3O9S. The summed E-state index contributed by atoms with van der Waals surface area (Å²) in [6, 6.07) is 12.9. The molecule has 1 aliphatic heterocycles. The number of carbonyl (C=O) groups excluding carboxylic acids is 2. The minimum atomic E-state index is -4.38. The lowest BCUT2D eigenvalue weighted by atomic mass is 10.1. The molecule has 0 aromatic heterocycles. The molecule has 12 nitrogen and oxygen atoms in total. The summed E-state index contributed by atoms with van der Waals surface area (Å²) in [7, 11) is -4.38. The van der Waals surface area contributed by atoms with Gasteiger partial charge in [-0.3, -0.25) is 9.10 Å². The van der Waals surface area contributed by atoms with Gasteiger partial charge in [-0.15, -0.1) is 0 Å². The molecule has 1 amide bonds. The number of piperidine rings is 1. The Kier molecular flexibility index (Phi) is 11.4. The van der Waals surface area contributed by atoms with Crippen LogP contribution in [0, 0.1) is 11.3 Å². The van der Waals surface area contributed by atoms with Crippen LogP contribution in [0.25, 0.3) is 6.08 Å². The molecule has 0 radical (unpaired) electrons. The van der Waals surface area contributed by atoms with Crippen molar-refractivity contribution in [1.29, 1.82) is 5.26 Å². The molecule has 0 saturated carbocycles. The van der Waals surface area contributed by atoms with E-state index in [1.165, 1.54) is 24.3 Å². The maximum atomic E-state index is 13.1. The third-order valence-corrected chi connectivity index (χ3v) is 8.02. The quantitative estimate of drug-likeness (QED) is 0.352. The number of rotatable bonds is 11. The Labute approximate surface area is 257 Å². The maximum absolute atomic E-state index is 13.1. The summed E-state index contributed by atoms with van der Waals surface area (Å²) in [4.78, 5) is 38.4. The van der Waals surface area contributed by atoms with Crippen LogP contribution in [-0.4, -0.2) is 80.2 Å². The minimum Gasteiger partial charge on any atom is -0.489 e. The fourth-order valence-corrected chi connectivity index (χ4v) is 5.63. The Bertz CT molecular complexity index is 1530. The fraction of sp³-hybridized carbons (Fsp3) is 0.419. The number of carboxylic acid groups (broad SMARTS) is 1. The first kappa shape index (κ1) is 33.9. The monoisotopic (exact) mass is 627 g/mol. The summed E-state index contributed by atoms with van der Waals surface area (Å²) < 4.78 is 44.0. The van der Waals surface area contributed by atoms with Gasteiger partial charge in [0.15, 0.2) is 5.75 Å². The smallest absolute Gasteiger partial charge is 0.410 e. The average molecular weight is 628 g/mol. The van der Waals surface area contributed by atoms with Crippen molar-refractivity contribution in [2.75, 3.05) is 36.3 Å². The average Bonchev–Trinajstić information content (AvgIpc) is 2.94. The van der Waals surface area contributed by atoms with Gasteiger partial charge in [0.25, 0.3) is 0 Å². The highest BCUT2D eigenvalue weighted by Crippen LogP contribution is 2.30. The van der Waals surface area contributed by atoms with Crippen molar-refractivity contribution < 1.29 is 42.1 Å². The van der Waals surface area contributed by atoms with Crippen LogP contribution in [-0.2, 0) is 24.3 Å². The van der Waals surface area contributed by atoms with E-state index in [9.17, 15) is 27.9 Å². The van der Waals surface area contributed by atoms with Crippen molar-refractivity contribution in [3.05, 3.63) is 65.2 Å². The normalized spacial score (nSPS) is 14.1. The first-order valence-corrected chi connectivity index (χ1v) is 15.7. The van der Waals surface area contributed by atoms with Crippen LogP contribution in [0.15, 0.2) is 48.5 Å². The van der Waals surface area contributed by atoms with Crippen molar-refractivity contribution in [3.8, 4) is 11.8 Å². The first-order chi connectivity index (χ1) is 20.7. The number of ether oxygens (including phenoxy) is 3. The fourth-order valence-electron chi connectivity index (χ4n) is 4.42. The summed E-state index contributed by atoms with van der Waals surface area (Å²) in [5.74, 6) is -3.28. The van der Waals surface area contributed by atoms with Crippen molar-refractivity contribution in [2.24, 2.45) is 0 Å². The van der Waals surface area contributed by atoms with E-state index in [0.29, 0.717) is 37.1 Å². The molecule has 236 valence electrons. The Morgan fingerprint density at radius 1 is 1.14 bits per heavy atom. The molecule has 13 heteroatoms. The molecule has 1 saturated heterocycles. The second-order valence-corrected chi connectivity index (χ2v) is 12.9. The molecule has 1 heterocycles. The molecule has 1 fully saturated rings. The molecule has 2 aromatic rings. The number of esters is 1. The lowest BCUT2D eigenvalue weighted by Gasteiger charge is -2.33. The SMILES string of the molecule is CCOC(=O)c1cc(N(CC=Cc2cccc(C#N)c2)S(=O)(=O)CC(=O)O)ccc1OC1CCN(C(=O)OC(C)(C)C)CC1. The maximum Gasteiger partial charge on any atom is 0.410 e. The van der Waals surface area contributed by atoms with Crippen LogP contribution in [0.4, 0.5) is 10.5 Å². The van der Waals surface area contributed by atoms with E-state index in [-0.39, 0.29) is 36.3 Å². The first-order valence-electron chi connectivity index (χ1n) is 14.1. The third-order valence-electron chi connectivity index (χ3n) is 6.37. The van der Waals surface area contributed by atoms with Gasteiger partial charge in [-0.2, -0.15) is 5.26 Å². The van der Waals surface area contributed by atoms with E-state index >= 15 is 0 Å². The zero-order valence-electron chi connectivity index (χ0n) is 25.2. The molecule has 0 spiro atoms. The van der Waals surface area contributed by atoms with Crippen LogP contribution >= 0.6 is 0 Å². The summed E-state index contributed by atoms with van der Waals surface area (Å²) in [5, 5.41) is 18.4. The Hall–Kier alpha value is -4.57. The summed E-state index contributed by atoms with van der Waals surface area (Å²) in [6.07, 6.45) is 3.31. The topological polar surface area (TPSA) is 164 Å². The lowest BCUT2D eigenvalue weighted by Crippen LogP contribution is -2.44. The summed E-state index contributed by atoms with van der Waals surface area (Å²) in [6.45, 7) is 7.58. The lowest BCUT2D eigenvalue weighted by molar-refractivity contribution is -0.134. The van der Waals surface area contributed by atoms with Crippen molar-refractivity contribution >= 4 is 39.8 Å². The second-order valence-electron chi connectivity index (χ2n) is 11.0. The van der Waals surface area contributed by atoms with Crippen molar-refractivity contribution in [2.45, 2.75) is 52.2 Å². The molecule has 0 unspecified atom stereocenters. The number of carboxylic acids is 1. The summed E-state index contributed by atoms with van der Waals surface area (Å²) in [5.41, 5.74) is 0.461. The van der Waals surface area contributed by atoms with Crippen LogP contribution < -0.4 is 9.04 Å². The highest BCUT2D eigenvalue weighted by Gasteiger charge is 2.30. The van der Waals surface area contributed by atoms with E-state index in [4.69, 9.17) is 19.5 Å². The predicted octanol–water partition coefficient (Wildman–Crippen LogP) is 4.45. The number of nitrogens with zero attached hydrogens (tertiary/aromatic N) is 3. The van der Waals surface area contributed by atoms with Gasteiger partial charge in [-0.05, 0) is 63.6 Å². The van der Waals surface area contributed by atoms with Gasteiger partial charge in [0.1, 0.15) is 23.0 Å². The minimum absolute atomic E-state index is 0.0276. The third kappa shape index (κ3) is 9.74. The molecule has 0 aliphatic carbocycles. The second kappa shape index (κ2) is 14.7. The number of amides is 1. The van der Waals surface area contributed by atoms with Crippen LogP contribution in [0.2, 0.25) is 0 Å². The number of anilines is 1. The Balaban J connectivity index is 1.88. The number of likely N-dealkylation sites (tertiary alicyclic amines) is 1. The predicted molar refractivity (Wildman–Crippen MR) is 163 cm³/mol. The summed E-state index contributed by atoms with van der Waals surface area (Å²) >= 11 is 0. The van der Waals surface area contributed by atoms with Gasteiger partial charge in [-0.25, -0.2) is 18.0 Å². The zero-order chi connectivity index (χ0) is 32.5. The van der Waals surface area contributed by atoms with Crippen molar-refractivity contribution in [1.82, 2.24) is 4.90 Å². The van der Waals surface area contributed by atoms with Gasteiger partial charge < -0.3 is 24.2 Å². The standard InChI is InChI=1S/C31H37N3O9S/c1-5-41-29(37)26-19-24(11-12-27(26)42-25-13-16-33(17-14-25)30(38)43-31(2,3)4)34(44(39,40)21-28(35)36)15-7-10-22-8-6-9-23(18-22)20-32/h6-12,18-19,25H,5,13-17,21H2,1-4H3,(H,35,36). The van der Waals surface area contributed by atoms with E-state index in [1.54, 1.807) is 62.9 Å². The molecule has 0 atom stereocenters. The number of hydrogen-bond acceptors (Lipinski definition) is 9. The number of nitriles is 1. The van der Waals surface area contributed by atoms with E-state index in [2.05, 4.69) is 0 Å². The molecule has 3 rings (SSSR count). The number of sulfonamides is 1. The molecule has 1 N–H and O–H groups in total. The largest absolute Gasteiger partial charge is 0.489 e. The highest BCUT2D eigenvalue weighted by molar-refractivity contribution is 7.93. The van der Waals surface area contributed by atoms with E-state index in [1.807, 2.05) is 6.07 Å². The van der Waals surface area contributed by atoms with Gasteiger partial charge in [0.2, 0.25) is 10.0 Å². The Morgan fingerprint density at radius 2 is 1.84 bits per heavy atom. The Morgan fingerprint density at radius 3 is 2.45 bits per heavy atom. The highest BCUT2D eigenvalue weighted by atomic mass is 32.2. The molecule has 1 aliphatic rings.